The molecule has 1 aromatic carbocycles. The van der Waals surface area contributed by atoms with E-state index in [9.17, 15) is 4.57 Å². The fourth-order valence-corrected chi connectivity index (χ4v) is 1.18. The van der Waals surface area contributed by atoms with Crippen LogP contribution in [0.5, 0.6) is 5.75 Å². The van der Waals surface area contributed by atoms with Crippen molar-refractivity contribution in [3.05, 3.63) is 29.8 Å². The minimum atomic E-state index is -0.291. The van der Waals surface area contributed by atoms with E-state index >= 15 is 0 Å². The highest BCUT2D eigenvalue weighted by Gasteiger charge is 1.98. The van der Waals surface area contributed by atoms with Crippen molar-refractivity contribution in [2.45, 2.75) is 13.3 Å². The highest BCUT2D eigenvalue weighted by molar-refractivity contribution is 7.17. The summed E-state index contributed by atoms with van der Waals surface area (Å²) in [4.78, 5) is 0. The van der Waals surface area contributed by atoms with Gasteiger partial charge in [-0.2, -0.15) is 0 Å². The molecule has 1 aromatic rings. The zero-order valence-electron chi connectivity index (χ0n) is 6.28. The molecule has 0 heterocycles. The summed E-state index contributed by atoms with van der Waals surface area (Å²) in [6.45, 7) is 2.03. The largest absolute Gasteiger partial charge is 0.407 e. The fraction of sp³-hybridized carbons (Fsp3) is 0.250. The normalized spacial score (nSPS) is 9.08. The lowest BCUT2D eigenvalue weighted by Crippen LogP contribution is -1.84. The van der Waals surface area contributed by atoms with Crippen molar-refractivity contribution < 1.29 is 9.09 Å². The maximum atomic E-state index is 10.1. The Hall–Kier alpha value is -0.348. The van der Waals surface area contributed by atoms with E-state index in [4.69, 9.17) is 4.52 Å². The topological polar surface area (TPSA) is 26.3 Å². The van der Waals surface area contributed by atoms with E-state index in [1.54, 1.807) is 0 Å². The van der Waals surface area contributed by atoms with Gasteiger partial charge < -0.3 is 4.52 Å². The van der Waals surface area contributed by atoms with Gasteiger partial charge in [0.15, 0.2) is 17.4 Å². The Morgan fingerprint density at radius 1 is 1.42 bits per heavy atom. The maximum Gasteiger partial charge on any atom is 0.395 e. The number of hydrogen-bond acceptors (Lipinski definition) is 2. The highest BCUT2D eigenvalue weighted by Crippen LogP contribution is 2.21. The van der Waals surface area contributed by atoms with Crippen LogP contribution in [0.2, 0.25) is 0 Å². The summed E-state index contributed by atoms with van der Waals surface area (Å²) in [5.74, 6) is 0.701. The van der Waals surface area contributed by atoms with Crippen LogP contribution < -0.4 is 4.52 Å². The second kappa shape index (κ2) is 6.20. The van der Waals surface area contributed by atoms with E-state index in [0.717, 1.165) is 12.0 Å². The Morgan fingerprint density at radius 3 is 2.67 bits per heavy atom. The number of rotatable bonds is 3. The predicted octanol–water partition coefficient (Wildman–Crippen LogP) is 1.65. The molecule has 4 heteroatoms. The Bertz CT molecular complexity index is 253. The molecule has 0 aliphatic carbocycles. The predicted molar refractivity (Wildman–Crippen MR) is 54.0 cm³/mol. The van der Waals surface area contributed by atoms with Crippen molar-refractivity contribution in [1.82, 2.24) is 0 Å². The van der Waals surface area contributed by atoms with Crippen molar-refractivity contribution in [2.24, 2.45) is 0 Å². The molecule has 0 spiro atoms. The molecule has 64 valence electrons. The minimum absolute atomic E-state index is 0. The van der Waals surface area contributed by atoms with Gasteiger partial charge in [-0.25, -0.2) is 4.57 Å². The first-order valence-electron chi connectivity index (χ1n) is 3.46. The van der Waals surface area contributed by atoms with Gasteiger partial charge in [0.05, 0.1) is 0 Å². The molecule has 0 bridgehead atoms. The highest BCUT2D eigenvalue weighted by atomic mass is 31.1. The van der Waals surface area contributed by atoms with Crippen LogP contribution in [0.15, 0.2) is 24.3 Å². The average Bonchev–Trinajstić information content (AvgIpc) is 2.06. The monoisotopic (exact) mass is 198 g/mol. The molecule has 0 fully saturated rings. The Balaban J connectivity index is 0.00000121. The van der Waals surface area contributed by atoms with E-state index < -0.39 is 0 Å². The molecule has 0 aliphatic heterocycles. The van der Waals surface area contributed by atoms with Crippen LogP contribution >= 0.6 is 8.69 Å². The van der Waals surface area contributed by atoms with Crippen LogP contribution in [0.3, 0.4) is 0 Å². The van der Waals surface area contributed by atoms with Crippen LogP contribution in [0.25, 0.3) is 0 Å². The third-order valence-electron chi connectivity index (χ3n) is 1.49. The number of benzene rings is 1. The number of aryl methyl sites for hydroxylation is 1. The fourth-order valence-electron chi connectivity index (χ4n) is 0.925. The van der Waals surface area contributed by atoms with E-state index in [-0.39, 0.29) is 26.0 Å². The third-order valence-corrected chi connectivity index (χ3v) is 1.76. The summed E-state index contributed by atoms with van der Waals surface area (Å²) >= 11 is 0. The molecule has 0 radical (unpaired) electrons. The van der Waals surface area contributed by atoms with Gasteiger partial charge in [0, 0.05) is 0 Å². The molecular weight excluding hydrogens is 186 g/mol. The van der Waals surface area contributed by atoms with Gasteiger partial charge in [0.25, 0.3) is 0 Å². The zero-order valence-corrected chi connectivity index (χ0v) is 7.17. The summed E-state index contributed by atoms with van der Waals surface area (Å²) < 4.78 is 15.0. The zero-order chi connectivity index (χ0) is 8.10. The molecule has 0 saturated heterocycles. The quantitative estimate of drug-likeness (QED) is 0.545. The van der Waals surface area contributed by atoms with Gasteiger partial charge in [-0.15, -0.1) is 0 Å². The maximum absolute atomic E-state index is 10.1. The molecule has 0 N–H and O–H groups in total. The summed E-state index contributed by atoms with van der Waals surface area (Å²) in [7, 11) is -0.291. The van der Waals surface area contributed by atoms with Crippen LogP contribution in [-0.4, -0.2) is 17.4 Å². The van der Waals surface area contributed by atoms with E-state index in [0.29, 0.717) is 5.75 Å². The molecule has 0 aromatic heterocycles. The Morgan fingerprint density at radius 2 is 2.08 bits per heavy atom. The van der Waals surface area contributed by atoms with Crippen molar-refractivity contribution in [3.8, 4) is 5.75 Å². The first-order valence-corrected chi connectivity index (χ1v) is 4.19. The Kier molecular flexibility index (Phi) is 6.02. The number of hydrogen-bond donors (Lipinski definition) is 0. The van der Waals surface area contributed by atoms with E-state index in [1.165, 1.54) is 0 Å². The molecule has 2 nitrogen and oxygen atoms in total. The van der Waals surface area contributed by atoms with Crippen molar-refractivity contribution in [2.75, 3.05) is 0 Å². The van der Waals surface area contributed by atoms with Crippen molar-refractivity contribution in [3.63, 3.8) is 0 Å². The Labute approximate surface area is 84.4 Å². The summed E-state index contributed by atoms with van der Waals surface area (Å²) in [5.41, 5.74) is 1.08. The second-order valence-corrected chi connectivity index (χ2v) is 2.46. The minimum Gasteiger partial charge on any atom is -0.407 e. The molecule has 0 aliphatic rings. The van der Waals surface area contributed by atoms with Crippen molar-refractivity contribution >= 4 is 26.0 Å². The second-order valence-electron chi connectivity index (χ2n) is 2.13. The molecular formula is C8H12AlO2P. The van der Waals surface area contributed by atoms with Crippen LogP contribution in [0.1, 0.15) is 12.5 Å². The standard InChI is InChI=1S/C8H9O2P.Al.3H/c1-2-7-5-3-4-6-8(7)10-11-9;;;;/h3-6H,2H2,1H3;;;;. The van der Waals surface area contributed by atoms with Gasteiger partial charge in [0.2, 0.25) is 0 Å². The average molecular weight is 198 g/mol. The SMILES string of the molecule is CCc1ccccc1OP=O.[AlH3]. The first-order chi connectivity index (χ1) is 5.38. The smallest absolute Gasteiger partial charge is 0.395 e. The lowest BCUT2D eigenvalue weighted by Gasteiger charge is -2.01. The molecule has 0 amide bonds. The molecule has 0 saturated carbocycles. The number of para-hydroxylation sites is 1. The molecule has 0 atom stereocenters. The van der Waals surface area contributed by atoms with Crippen LogP contribution in [0, 0.1) is 0 Å². The lowest BCUT2D eigenvalue weighted by atomic mass is 10.1. The summed E-state index contributed by atoms with van der Waals surface area (Å²) in [5, 5.41) is 0. The third kappa shape index (κ3) is 2.95. The molecule has 0 unspecified atom stereocenters. The van der Waals surface area contributed by atoms with E-state index in [1.807, 2.05) is 31.2 Å². The van der Waals surface area contributed by atoms with Crippen LogP contribution in [-0.2, 0) is 11.0 Å². The summed E-state index contributed by atoms with van der Waals surface area (Å²) in [6.07, 6.45) is 0.895. The van der Waals surface area contributed by atoms with Gasteiger partial charge in [-0.05, 0) is 18.1 Å². The van der Waals surface area contributed by atoms with Crippen molar-refractivity contribution in [1.29, 1.82) is 0 Å². The molecule has 12 heavy (non-hydrogen) atoms. The molecule has 1 rings (SSSR count). The van der Waals surface area contributed by atoms with Crippen LogP contribution in [0.4, 0.5) is 0 Å². The van der Waals surface area contributed by atoms with Gasteiger partial charge in [0.1, 0.15) is 5.75 Å². The first kappa shape index (κ1) is 11.7. The van der Waals surface area contributed by atoms with E-state index in [2.05, 4.69) is 0 Å². The van der Waals surface area contributed by atoms with Gasteiger partial charge in [-0.3, -0.25) is 0 Å². The van der Waals surface area contributed by atoms with Gasteiger partial charge >= 0.3 is 8.69 Å². The van der Waals surface area contributed by atoms with Gasteiger partial charge in [-0.1, -0.05) is 25.1 Å². The lowest BCUT2D eigenvalue weighted by molar-refractivity contribution is 0.522. The summed E-state index contributed by atoms with van der Waals surface area (Å²) in [6, 6.07) is 7.57.